The summed E-state index contributed by atoms with van der Waals surface area (Å²) in [5.74, 6) is -1.36. The maximum absolute atomic E-state index is 13.7. The van der Waals surface area contributed by atoms with E-state index in [1.54, 1.807) is 70.6 Å². The van der Waals surface area contributed by atoms with Crippen LogP contribution in [0.1, 0.15) is 72.0 Å². The van der Waals surface area contributed by atoms with Crippen LogP contribution in [0.2, 0.25) is 0 Å². The van der Waals surface area contributed by atoms with E-state index in [-0.39, 0.29) is 6.61 Å². The highest BCUT2D eigenvalue weighted by molar-refractivity contribution is 7.48. The quantitative estimate of drug-likeness (QED) is 0.234. The number of benzene rings is 1. The van der Waals surface area contributed by atoms with Crippen molar-refractivity contribution in [1.29, 1.82) is 0 Å². The van der Waals surface area contributed by atoms with E-state index in [0.717, 1.165) is 0 Å². The van der Waals surface area contributed by atoms with Crippen LogP contribution in [-0.2, 0) is 37.1 Å². The molecule has 0 spiro atoms. The van der Waals surface area contributed by atoms with Gasteiger partial charge in [-0.1, -0.05) is 12.1 Å². The predicted molar refractivity (Wildman–Crippen MR) is 155 cm³/mol. The molecule has 3 aromatic rings. The molecular weight excluding hydrogens is 579 g/mol. The minimum absolute atomic E-state index is 0.145. The molecule has 2 fully saturated rings. The maximum Gasteiger partial charge on any atom is 0.475 e. The lowest BCUT2D eigenvalue weighted by Gasteiger charge is -2.32. The van der Waals surface area contributed by atoms with Gasteiger partial charge in [-0.25, -0.2) is 24.3 Å². The molecule has 0 saturated carbocycles. The molecular formula is C29H39N4O9P. The summed E-state index contributed by atoms with van der Waals surface area (Å²) in [6.45, 7) is 14.1. The second kappa shape index (κ2) is 11.3. The zero-order valence-corrected chi connectivity index (χ0v) is 26.8. The number of methoxy groups -OCH3 is 1. The van der Waals surface area contributed by atoms with Gasteiger partial charge in [-0.15, -0.1) is 0 Å². The normalized spacial score (nSPS) is 23.9. The molecule has 4 atom stereocenters. The summed E-state index contributed by atoms with van der Waals surface area (Å²) in [7, 11) is -2.68. The predicted octanol–water partition coefficient (Wildman–Crippen LogP) is 5.45. The van der Waals surface area contributed by atoms with Crippen molar-refractivity contribution in [2.75, 3.05) is 13.7 Å². The number of fused-ring (bicyclic) bond motifs is 2. The van der Waals surface area contributed by atoms with Crippen LogP contribution in [0.5, 0.6) is 0 Å². The van der Waals surface area contributed by atoms with Gasteiger partial charge in [0.2, 0.25) is 0 Å². The van der Waals surface area contributed by atoms with Gasteiger partial charge in [-0.3, -0.25) is 18.1 Å². The molecule has 5 rings (SSSR count). The van der Waals surface area contributed by atoms with Crippen molar-refractivity contribution in [3.8, 4) is 11.3 Å². The molecule has 2 aromatic heterocycles. The van der Waals surface area contributed by atoms with Gasteiger partial charge >= 0.3 is 13.8 Å². The van der Waals surface area contributed by atoms with Gasteiger partial charge in [0, 0.05) is 5.56 Å². The first-order chi connectivity index (χ1) is 20.0. The highest BCUT2D eigenvalue weighted by Gasteiger charge is 2.57. The van der Waals surface area contributed by atoms with E-state index in [0.29, 0.717) is 28.0 Å². The van der Waals surface area contributed by atoms with Gasteiger partial charge in [0.05, 0.1) is 36.8 Å². The van der Waals surface area contributed by atoms with Crippen LogP contribution >= 0.6 is 7.82 Å². The molecule has 2 aliphatic heterocycles. The van der Waals surface area contributed by atoms with E-state index in [9.17, 15) is 9.36 Å². The summed E-state index contributed by atoms with van der Waals surface area (Å²) in [6.07, 6.45) is 0.506. The molecule has 0 unspecified atom stereocenters. The maximum atomic E-state index is 13.7. The molecule has 0 amide bonds. The third-order valence-corrected chi connectivity index (χ3v) is 8.49. The Morgan fingerprint density at radius 1 is 1.02 bits per heavy atom. The van der Waals surface area contributed by atoms with Crippen LogP contribution in [0, 0.1) is 0 Å². The Kier molecular flexibility index (Phi) is 8.32. The molecule has 13 nitrogen and oxygen atoms in total. The monoisotopic (exact) mass is 618 g/mol. The Morgan fingerprint density at radius 2 is 1.70 bits per heavy atom. The summed E-state index contributed by atoms with van der Waals surface area (Å²) in [6, 6.07) is 6.93. The van der Waals surface area contributed by atoms with Crippen molar-refractivity contribution in [3.05, 3.63) is 42.5 Å². The third kappa shape index (κ3) is 6.99. The Hall–Kier alpha value is -2.77. The summed E-state index contributed by atoms with van der Waals surface area (Å²) in [4.78, 5) is 25.7. The number of hydrogen-bond donors (Lipinski definition) is 0. The first kappa shape index (κ1) is 31.6. The summed E-state index contributed by atoms with van der Waals surface area (Å²) in [5, 5.41) is 0. The fourth-order valence-corrected chi connectivity index (χ4v) is 6.90. The molecule has 0 bridgehead atoms. The number of hydrogen-bond acceptors (Lipinski definition) is 12. The minimum atomic E-state index is -4.01. The van der Waals surface area contributed by atoms with Crippen LogP contribution in [-0.4, -0.2) is 74.5 Å². The van der Waals surface area contributed by atoms with Crippen LogP contribution < -0.4 is 0 Å². The molecule has 2 saturated heterocycles. The summed E-state index contributed by atoms with van der Waals surface area (Å²) in [5.41, 5.74) is 1.01. The molecule has 1 aromatic carbocycles. The van der Waals surface area contributed by atoms with Crippen LogP contribution in [0.3, 0.4) is 0 Å². The fraction of sp³-hybridized carbons (Fsp3) is 0.586. The molecule has 234 valence electrons. The SMILES string of the molecule is COC(=O)c1cccc(-c2ncnc3c2ncn3[C@@H]2O[C@H](COP(=O)(OC(C)(C)C)OC(C)(C)C)[C@H]3OC(C)(C)O[C@H]32)c1. The highest BCUT2D eigenvalue weighted by Crippen LogP contribution is 2.56. The van der Waals surface area contributed by atoms with E-state index in [1.165, 1.54) is 13.4 Å². The third-order valence-electron chi connectivity index (χ3n) is 6.48. The van der Waals surface area contributed by atoms with Crippen molar-refractivity contribution in [1.82, 2.24) is 19.5 Å². The summed E-state index contributed by atoms with van der Waals surface area (Å²) < 4.78 is 56.7. The molecule has 0 aliphatic carbocycles. The average Bonchev–Trinajstić information content (AvgIpc) is 3.55. The largest absolute Gasteiger partial charge is 0.475 e. The molecule has 0 N–H and O–H groups in total. The van der Waals surface area contributed by atoms with Crippen LogP contribution in [0.25, 0.3) is 22.4 Å². The van der Waals surface area contributed by atoms with Crippen molar-refractivity contribution >= 4 is 25.0 Å². The summed E-state index contributed by atoms with van der Waals surface area (Å²) >= 11 is 0. The van der Waals surface area contributed by atoms with Crippen molar-refractivity contribution in [3.63, 3.8) is 0 Å². The minimum Gasteiger partial charge on any atom is -0.465 e. The second-order valence-corrected chi connectivity index (χ2v) is 14.4. The zero-order chi connectivity index (χ0) is 31.4. The molecule has 14 heteroatoms. The molecule has 0 radical (unpaired) electrons. The van der Waals surface area contributed by atoms with Gasteiger partial charge < -0.3 is 18.9 Å². The average molecular weight is 619 g/mol. The second-order valence-electron chi connectivity index (χ2n) is 12.9. The number of phosphoric ester groups is 1. The number of phosphoric acid groups is 1. The number of carbonyl (C=O) groups excluding carboxylic acids is 1. The lowest BCUT2D eigenvalue weighted by Crippen LogP contribution is -2.33. The van der Waals surface area contributed by atoms with Crippen molar-refractivity contribution < 1.29 is 41.9 Å². The first-order valence-electron chi connectivity index (χ1n) is 14.0. The van der Waals surface area contributed by atoms with Gasteiger partial charge in [-0.05, 0) is 67.5 Å². The van der Waals surface area contributed by atoms with Gasteiger partial charge in [-0.2, -0.15) is 0 Å². The van der Waals surface area contributed by atoms with Crippen molar-refractivity contribution in [2.24, 2.45) is 0 Å². The van der Waals surface area contributed by atoms with E-state index in [2.05, 4.69) is 15.0 Å². The van der Waals surface area contributed by atoms with Crippen molar-refractivity contribution in [2.45, 2.75) is 96.9 Å². The van der Waals surface area contributed by atoms with Gasteiger partial charge in [0.1, 0.15) is 35.8 Å². The molecule has 4 heterocycles. The Bertz CT molecular complexity index is 1520. The van der Waals surface area contributed by atoms with E-state index in [4.69, 9.17) is 32.5 Å². The molecule has 43 heavy (non-hydrogen) atoms. The zero-order valence-electron chi connectivity index (χ0n) is 25.9. The van der Waals surface area contributed by atoms with E-state index < -0.39 is 55.3 Å². The fourth-order valence-electron chi connectivity index (χ4n) is 5.08. The Balaban J connectivity index is 1.45. The Labute approximate surface area is 250 Å². The van der Waals surface area contributed by atoms with Gasteiger partial charge in [0.25, 0.3) is 0 Å². The number of imidazole rings is 1. The lowest BCUT2D eigenvalue weighted by atomic mass is 10.1. The number of carbonyl (C=O) groups is 1. The number of esters is 1. The standard InChI is InChI=1S/C29H39N4O9P/c1-27(2,3)41-43(35,42-28(4,5)6)37-14-19-22-23(40-29(7,8)39-22)25(38-19)33-16-32-21-20(30-15-31-24(21)33)17-11-10-12-18(13-17)26(34)36-9/h10-13,15-16,19,22-23,25H,14H2,1-9H3/t19-,22-,23-,25-/m1/s1. The van der Waals surface area contributed by atoms with Crippen LogP contribution in [0.4, 0.5) is 0 Å². The van der Waals surface area contributed by atoms with Gasteiger partial charge in [0.15, 0.2) is 17.7 Å². The lowest BCUT2D eigenvalue weighted by molar-refractivity contribution is -0.199. The van der Waals surface area contributed by atoms with Crippen LogP contribution in [0.15, 0.2) is 36.9 Å². The first-order valence-corrected chi connectivity index (χ1v) is 15.5. The number of nitrogens with zero attached hydrogens (tertiary/aromatic N) is 4. The Morgan fingerprint density at radius 3 is 2.35 bits per heavy atom. The smallest absolute Gasteiger partial charge is 0.465 e. The number of ether oxygens (including phenoxy) is 4. The topological polar surface area (TPSA) is 142 Å². The highest BCUT2D eigenvalue weighted by atomic mass is 31.2. The van der Waals surface area contributed by atoms with E-state index >= 15 is 0 Å². The van der Waals surface area contributed by atoms with E-state index in [1.807, 2.05) is 19.9 Å². The molecule has 2 aliphatic rings. The number of aromatic nitrogens is 4. The number of rotatable bonds is 8.